The summed E-state index contributed by atoms with van der Waals surface area (Å²) in [6, 6.07) is 16.2. The van der Waals surface area contributed by atoms with Crippen molar-refractivity contribution >= 4 is 63.0 Å². The normalized spacial score (nSPS) is 14.2. The van der Waals surface area contributed by atoms with Gasteiger partial charge in [0.05, 0.1) is 11.2 Å². The summed E-state index contributed by atoms with van der Waals surface area (Å²) in [5, 5.41) is 5.00. The first-order chi connectivity index (χ1) is 13.6. The molecule has 1 aliphatic rings. The molecule has 1 aromatic heterocycles. The Morgan fingerprint density at radius 1 is 1.04 bits per heavy atom. The zero-order valence-electron chi connectivity index (χ0n) is 14.6. The Morgan fingerprint density at radius 3 is 2.61 bits per heavy atom. The van der Waals surface area contributed by atoms with Gasteiger partial charge in [-0.3, -0.25) is 19.5 Å². The van der Waals surface area contributed by atoms with Crippen molar-refractivity contribution < 1.29 is 9.59 Å². The van der Waals surface area contributed by atoms with Gasteiger partial charge in [-0.1, -0.05) is 29.8 Å². The number of nitrogens with one attached hydrogen (secondary N) is 1. The van der Waals surface area contributed by atoms with Gasteiger partial charge in [-0.25, -0.2) is 4.90 Å². The van der Waals surface area contributed by atoms with E-state index in [0.717, 1.165) is 16.6 Å². The molecule has 8 heteroatoms. The second kappa shape index (κ2) is 7.53. The Kier molecular flexibility index (Phi) is 4.93. The van der Waals surface area contributed by atoms with Crippen LogP contribution in [0.15, 0.2) is 60.8 Å². The van der Waals surface area contributed by atoms with Crippen LogP contribution < -0.4 is 10.2 Å². The highest BCUT2D eigenvalue weighted by Gasteiger charge is 2.41. The highest BCUT2D eigenvalue weighted by molar-refractivity contribution is 7.80. The molecule has 0 saturated carbocycles. The molecule has 1 aliphatic heterocycles. The molecule has 1 saturated heterocycles. The number of carbonyl (C=O) groups excluding carboxylic acids is 2. The maximum absolute atomic E-state index is 12.4. The summed E-state index contributed by atoms with van der Waals surface area (Å²) in [6.45, 7) is 0.688. The number of hydrogen-bond donors (Lipinski definition) is 1. The van der Waals surface area contributed by atoms with Crippen LogP contribution in [0.5, 0.6) is 0 Å². The number of carbonyl (C=O) groups is 2. The van der Waals surface area contributed by atoms with Crippen molar-refractivity contribution in [2.75, 3.05) is 23.3 Å². The predicted molar refractivity (Wildman–Crippen MR) is 113 cm³/mol. The van der Waals surface area contributed by atoms with Gasteiger partial charge in [0.15, 0.2) is 5.11 Å². The molecule has 2 aromatic carbocycles. The molecule has 0 unspecified atom stereocenters. The molecular weight excluding hydrogens is 396 g/mol. The molecule has 0 atom stereocenters. The van der Waals surface area contributed by atoms with Crippen LogP contribution in [0.25, 0.3) is 10.9 Å². The largest absolute Gasteiger partial charge is 0.383 e. The van der Waals surface area contributed by atoms with Crippen LogP contribution >= 0.6 is 23.8 Å². The highest BCUT2D eigenvalue weighted by atomic mass is 35.5. The SMILES string of the molecule is O=C1C(=O)N(c2ccccc2)C(=S)N1CCNc1ccnc2cc(Cl)ccc12. The van der Waals surface area contributed by atoms with Crippen molar-refractivity contribution in [2.24, 2.45) is 0 Å². The number of pyridine rings is 1. The number of thiocarbonyl (C=S) groups is 1. The smallest absolute Gasteiger partial charge is 0.323 e. The van der Waals surface area contributed by atoms with Gasteiger partial charge in [-0.15, -0.1) is 0 Å². The van der Waals surface area contributed by atoms with Gasteiger partial charge in [0.25, 0.3) is 0 Å². The predicted octanol–water partition coefficient (Wildman–Crippen LogP) is 3.46. The Hall–Kier alpha value is -3.03. The highest BCUT2D eigenvalue weighted by Crippen LogP contribution is 2.25. The lowest BCUT2D eigenvalue weighted by atomic mass is 10.2. The lowest BCUT2D eigenvalue weighted by molar-refractivity contribution is -0.139. The monoisotopic (exact) mass is 410 g/mol. The topological polar surface area (TPSA) is 65.5 Å². The second-order valence-electron chi connectivity index (χ2n) is 6.16. The number of amides is 2. The average molecular weight is 411 g/mol. The van der Waals surface area contributed by atoms with Crippen molar-refractivity contribution in [1.29, 1.82) is 0 Å². The Balaban J connectivity index is 1.48. The van der Waals surface area contributed by atoms with E-state index in [1.807, 2.05) is 18.2 Å². The summed E-state index contributed by atoms with van der Waals surface area (Å²) in [4.78, 5) is 31.6. The second-order valence-corrected chi connectivity index (χ2v) is 6.96. The molecule has 3 aromatic rings. The molecule has 0 radical (unpaired) electrons. The van der Waals surface area contributed by atoms with Gasteiger partial charge in [-0.2, -0.15) is 0 Å². The Morgan fingerprint density at radius 2 is 1.82 bits per heavy atom. The lowest BCUT2D eigenvalue weighted by Crippen LogP contribution is -2.36. The minimum absolute atomic E-state index is 0.189. The molecule has 2 amide bonds. The molecule has 4 rings (SSSR count). The van der Waals surface area contributed by atoms with Crippen LogP contribution in [-0.2, 0) is 9.59 Å². The average Bonchev–Trinajstić information content (AvgIpc) is 2.91. The number of aromatic nitrogens is 1. The molecule has 0 spiro atoms. The fraction of sp³-hybridized carbons (Fsp3) is 0.100. The van der Waals surface area contributed by atoms with Crippen molar-refractivity contribution in [3.05, 3.63) is 65.8 Å². The summed E-state index contributed by atoms with van der Waals surface area (Å²) in [5.74, 6) is -1.26. The first kappa shape index (κ1) is 18.3. The van der Waals surface area contributed by atoms with Crippen LogP contribution in [0, 0.1) is 0 Å². The fourth-order valence-electron chi connectivity index (χ4n) is 3.09. The van der Waals surface area contributed by atoms with E-state index in [-0.39, 0.29) is 11.7 Å². The van der Waals surface area contributed by atoms with Crippen molar-refractivity contribution in [2.45, 2.75) is 0 Å². The number of fused-ring (bicyclic) bond motifs is 1. The first-order valence-electron chi connectivity index (χ1n) is 8.59. The number of para-hydroxylation sites is 1. The maximum atomic E-state index is 12.4. The summed E-state index contributed by atoms with van der Waals surface area (Å²) in [6.07, 6.45) is 1.69. The molecule has 1 N–H and O–H groups in total. The van der Waals surface area contributed by atoms with Gasteiger partial charge in [0.2, 0.25) is 0 Å². The number of hydrogen-bond acceptors (Lipinski definition) is 5. The third-order valence-corrected chi connectivity index (χ3v) is 5.06. The number of rotatable bonds is 5. The van der Waals surface area contributed by atoms with Crippen molar-refractivity contribution in [3.8, 4) is 0 Å². The van der Waals surface area contributed by atoms with Crippen LogP contribution in [-0.4, -0.2) is 39.9 Å². The van der Waals surface area contributed by atoms with Crippen molar-refractivity contribution in [1.82, 2.24) is 9.88 Å². The first-order valence-corrected chi connectivity index (χ1v) is 9.38. The van der Waals surface area contributed by atoms with Crippen LogP contribution in [0.4, 0.5) is 11.4 Å². The molecule has 6 nitrogen and oxygen atoms in total. The molecule has 0 bridgehead atoms. The van der Waals surface area contributed by atoms with E-state index in [0.29, 0.717) is 17.3 Å². The molecule has 0 aliphatic carbocycles. The van der Waals surface area contributed by atoms with Crippen LogP contribution in [0.1, 0.15) is 0 Å². The zero-order valence-corrected chi connectivity index (χ0v) is 16.2. The third-order valence-electron chi connectivity index (χ3n) is 4.42. The molecular formula is C20H15ClN4O2S. The van der Waals surface area contributed by atoms with E-state index < -0.39 is 11.8 Å². The third kappa shape index (κ3) is 3.30. The van der Waals surface area contributed by atoms with Gasteiger partial charge in [0, 0.05) is 35.4 Å². The van der Waals surface area contributed by atoms with E-state index in [9.17, 15) is 9.59 Å². The van der Waals surface area contributed by atoms with E-state index in [1.165, 1.54) is 9.80 Å². The van der Waals surface area contributed by atoms with Crippen LogP contribution in [0.3, 0.4) is 0 Å². The number of nitrogens with zero attached hydrogens (tertiary/aromatic N) is 3. The Labute approximate surface area is 171 Å². The molecule has 1 fully saturated rings. The molecule has 140 valence electrons. The fourth-order valence-corrected chi connectivity index (χ4v) is 3.61. The number of halogens is 1. The Bertz CT molecular complexity index is 1090. The van der Waals surface area contributed by atoms with Gasteiger partial charge in [-0.05, 0) is 48.6 Å². The zero-order chi connectivity index (χ0) is 19.7. The minimum Gasteiger partial charge on any atom is -0.383 e. The lowest BCUT2D eigenvalue weighted by Gasteiger charge is -2.19. The van der Waals surface area contributed by atoms with E-state index in [2.05, 4.69) is 10.3 Å². The summed E-state index contributed by atoms with van der Waals surface area (Å²) < 4.78 is 0. The number of anilines is 2. The van der Waals surface area contributed by atoms with E-state index >= 15 is 0 Å². The molecule has 28 heavy (non-hydrogen) atoms. The summed E-state index contributed by atoms with van der Waals surface area (Å²) >= 11 is 11.4. The molecule has 2 heterocycles. The maximum Gasteiger partial charge on any atom is 0.323 e. The summed E-state index contributed by atoms with van der Waals surface area (Å²) in [5.41, 5.74) is 2.22. The van der Waals surface area contributed by atoms with Crippen molar-refractivity contribution in [3.63, 3.8) is 0 Å². The van der Waals surface area contributed by atoms with E-state index in [4.69, 9.17) is 23.8 Å². The van der Waals surface area contributed by atoms with E-state index in [1.54, 1.807) is 42.6 Å². The van der Waals surface area contributed by atoms with Crippen LogP contribution in [0.2, 0.25) is 5.02 Å². The van der Waals surface area contributed by atoms with Gasteiger partial charge in [0.1, 0.15) is 0 Å². The van der Waals surface area contributed by atoms with Gasteiger partial charge < -0.3 is 5.32 Å². The summed E-state index contributed by atoms with van der Waals surface area (Å²) in [7, 11) is 0. The van der Waals surface area contributed by atoms with Gasteiger partial charge >= 0.3 is 11.8 Å². The minimum atomic E-state index is -0.639. The number of benzene rings is 2. The quantitative estimate of drug-likeness (QED) is 0.515. The standard InChI is InChI=1S/C20H15ClN4O2S/c21-13-6-7-15-16(8-9-22-17(15)12-13)23-10-11-24-18(26)19(27)25(20(24)28)14-4-2-1-3-5-14/h1-9,12H,10-11H2,(H,22,23).